The molecule has 0 fully saturated rings. The second-order valence-corrected chi connectivity index (χ2v) is 4.22. The largest absolute Gasteiger partial charge is 0.507 e. The van der Waals surface area contributed by atoms with Gasteiger partial charge in [0.25, 0.3) is 0 Å². The van der Waals surface area contributed by atoms with Gasteiger partial charge in [0, 0.05) is 13.1 Å². The lowest BCUT2D eigenvalue weighted by Crippen LogP contribution is -2.11. The van der Waals surface area contributed by atoms with Gasteiger partial charge in [-0.05, 0) is 24.3 Å². The van der Waals surface area contributed by atoms with Crippen LogP contribution in [0.25, 0.3) is 0 Å². The average molecular weight is 336 g/mol. The Morgan fingerprint density at radius 2 is 1.00 bits per heavy atom. The summed E-state index contributed by atoms with van der Waals surface area (Å²) in [6.07, 6.45) is 0. The molecule has 0 aliphatic carbocycles. The molecule has 0 heterocycles. The van der Waals surface area contributed by atoms with Gasteiger partial charge in [-0.3, -0.25) is 0 Å². The Kier molecular flexibility index (Phi) is 9.98. The molecule has 0 saturated carbocycles. The average Bonchev–Trinajstić information content (AvgIpc) is 2.56. The Hall–Kier alpha value is -3.10. The number of para-hydroxylation sites is 2. The minimum Gasteiger partial charge on any atom is -0.507 e. The van der Waals surface area contributed by atoms with Gasteiger partial charge in [0.05, 0.1) is 0 Å². The van der Waals surface area contributed by atoms with Crippen LogP contribution in [0.15, 0.2) is 48.5 Å². The molecule has 0 radical (unpaired) electrons. The van der Waals surface area contributed by atoms with E-state index in [2.05, 4.69) is 0 Å². The van der Waals surface area contributed by atoms with Crippen molar-refractivity contribution in [1.82, 2.24) is 0 Å². The Morgan fingerprint density at radius 3 is 1.17 bits per heavy atom. The number of carbonyl (C=O) groups is 2. The van der Waals surface area contributed by atoms with Gasteiger partial charge >= 0.3 is 11.9 Å². The van der Waals surface area contributed by atoms with Gasteiger partial charge in [-0.1, -0.05) is 24.3 Å². The van der Waals surface area contributed by atoms with Crippen molar-refractivity contribution < 1.29 is 30.0 Å². The maximum absolute atomic E-state index is 10.3. The SMILES string of the molecule is NCCN.O=C(O)c1ccccc1O.O=C(O)c1ccccc1O. The minimum atomic E-state index is -1.11. The molecule has 2 aromatic carbocycles. The van der Waals surface area contributed by atoms with Crippen LogP contribution in [-0.4, -0.2) is 45.5 Å². The number of hydrogen-bond donors (Lipinski definition) is 6. The number of hydrogen-bond acceptors (Lipinski definition) is 6. The molecule has 0 saturated heterocycles. The zero-order chi connectivity index (χ0) is 18.5. The van der Waals surface area contributed by atoms with Crippen LogP contribution >= 0.6 is 0 Å². The van der Waals surface area contributed by atoms with Crippen molar-refractivity contribution in [3.05, 3.63) is 59.7 Å². The predicted molar refractivity (Wildman–Crippen MR) is 88.2 cm³/mol. The quantitative estimate of drug-likeness (QED) is 0.484. The van der Waals surface area contributed by atoms with Crippen LogP contribution in [-0.2, 0) is 0 Å². The fourth-order valence-electron chi connectivity index (χ4n) is 1.31. The van der Waals surface area contributed by atoms with E-state index in [-0.39, 0.29) is 22.6 Å². The summed E-state index contributed by atoms with van der Waals surface area (Å²) in [4.78, 5) is 20.5. The molecule has 24 heavy (non-hydrogen) atoms. The summed E-state index contributed by atoms with van der Waals surface area (Å²) in [6.45, 7) is 1.19. The second-order valence-electron chi connectivity index (χ2n) is 4.22. The molecule has 0 unspecified atom stereocenters. The second kappa shape index (κ2) is 11.5. The summed E-state index contributed by atoms with van der Waals surface area (Å²) in [7, 11) is 0. The molecule has 8 nitrogen and oxygen atoms in total. The summed E-state index contributed by atoms with van der Waals surface area (Å²) in [5.41, 5.74) is 9.67. The molecule has 0 aromatic heterocycles. The van der Waals surface area contributed by atoms with Crippen molar-refractivity contribution in [1.29, 1.82) is 0 Å². The van der Waals surface area contributed by atoms with Gasteiger partial charge < -0.3 is 31.9 Å². The van der Waals surface area contributed by atoms with E-state index in [4.69, 9.17) is 31.9 Å². The molecule has 0 amide bonds. The maximum atomic E-state index is 10.3. The smallest absolute Gasteiger partial charge is 0.339 e. The molecule has 0 spiro atoms. The Morgan fingerprint density at radius 1 is 0.708 bits per heavy atom. The molecule has 8 heteroatoms. The standard InChI is InChI=1S/2C7H6O3.C2H8N2/c2*8-6-4-2-1-3-5(6)7(9)10;3-1-2-4/h2*1-4,8H,(H,9,10);1-4H2. The van der Waals surface area contributed by atoms with Crippen molar-refractivity contribution in [3.8, 4) is 11.5 Å². The fourth-order valence-corrected chi connectivity index (χ4v) is 1.31. The Labute approximate surface area is 138 Å². The third-order valence-corrected chi connectivity index (χ3v) is 2.44. The van der Waals surface area contributed by atoms with Gasteiger partial charge in [0.2, 0.25) is 0 Å². The molecule has 2 rings (SSSR count). The monoisotopic (exact) mass is 336 g/mol. The van der Waals surface area contributed by atoms with Crippen LogP contribution in [0.1, 0.15) is 20.7 Å². The molecule has 0 aliphatic heterocycles. The number of aromatic carboxylic acids is 2. The molecule has 130 valence electrons. The molecule has 0 bridgehead atoms. The van der Waals surface area contributed by atoms with Gasteiger partial charge in [0.1, 0.15) is 22.6 Å². The summed E-state index contributed by atoms with van der Waals surface area (Å²) >= 11 is 0. The first-order valence-corrected chi connectivity index (χ1v) is 6.77. The highest BCUT2D eigenvalue weighted by molar-refractivity contribution is 5.91. The zero-order valence-electron chi connectivity index (χ0n) is 12.8. The van der Waals surface area contributed by atoms with Crippen molar-refractivity contribution in [3.63, 3.8) is 0 Å². The molecule has 8 N–H and O–H groups in total. The van der Waals surface area contributed by atoms with Crippen molar-refractivity contribution >= 4 is 11.9 Å². The van der Waals surface area contributed by atoms with Crippen LogP contribution in [0, 0.1) is 0 Å². The molecule has 0 aliphatic rings. The summed E-state index contributed by atoms with van der Waals surface area (Å²) in [6, 6.07) is 11.6. The zero-order valence-corrected chi connectivity index (χ0v) is 12.8. The van der Waals surface area contributed by atoms with Gasteiger partial charge in [-0.15, -0.1) is 0 Å². The number of aromatic hydroxyl groups is 2. The minimum absolute atomic E-state index is 0.0671. The molecule has 2 aromatic rings. The Balaban J connectivity index is 0.000000363. The van der Waals surface area contributed by atoms with Crippen LogP contribution in [0.5, 0.6) is 11.5 Å². The van der Waals surface area contributed by atoms with E-state index < -0.39 is 11.9 Å². The first-order valence-electron chi connectivity index (χ1n) is 6.77. The summed E-state index contributed by atoms with van der Waals surface area (Å²) < 4.78 is 0. The lowest BCUT2D eigenvalue weighted by atomic mass is 10.2. The number of benzene rings is 2. The van der Waals surface area contributed by atoms with E-state index in [0.717, 1.165) is 0 Å². The molecule has 0 atom stereocenters. The van der Waals surface area contributed by atoms with E-state index in [9.17, 15) is 9.59 Å². The topological polar surface area (TPSA) is 167 Å². The van der Waals surface area contributed by atoms with Gasteiger partial charge in [-0.2, -0.15) is 0 Å². The van der Waals surface area contributed by atoms with Gasteiger partial charge in [0.15, 0.2) is 0 Å². The number of nitrogens with two attached hydrogens (primary N) is 2. The number of phenols is 2. The van der Waals surface area contributed by atoms with Crippen LogP contribution < -0.4 is 11.5 Å². The summed E-state index contributed by atoms with van der Waals surface area (Å²) in [5, 5.41) is 34.6. The van der Waals surface area contributed by atoms with Crippen molar-refractivity contribution in [2.75, 3.05) is 13.1 Å². The molecular formula is C16H20N2O6. The highest BCUT2D eigenvalue weighted by Crippen LogP contribution is 2.15. The maximum Gasteiger partial charge on any atom is 0.339 e. The Bertz CT molecular complexity index is 603. The predicted octanol–water partition coefficient (Wildman–Crippen LogP) is 1.08. The van der Waals surface area contributed by atoms with Crippen molar-refractivity contribution in [2.45, 2.75) is 0 Å². The van der Waals surface area contributed by atoms with E-state index in [1.54, 1.807) is 24.3 Å². The van der Waals surface area contributed by atoms with Crippen LogP contribution in [0.3, 0.4) is 0 Å². The third-order valence-electron chi connectivity index (χ3n) is 2.44. The van der Waals surface area contributed by atoms with Gasteiger partial charge in [-0.25, -0.2) is 9.59 Å². The van der Waals surface area contributed by atoms with E-state index in [0.29, 0.717) is 13.1 Å². The van der Waals surface area contributed by atoms with Crippen LogP contribution in [0.4, 0.5) is 0 Å². The summed E-state index contributed by atoms with van der Waals surface area (Å²) in [5.74, 6) is -2.62. The number of carboxylic acids is 2. The lowest BCUT2D eigenvalue weighted by Gasteiger charge is -1.95. The normalized spacial score (nSPS) is 8.92. The fraction of sp³-hybridized carbons (Fsp3) is 0.125. The van der Waals surface area contributed by atoms with E-state index >= 15 is 0 Å². The van der Waals surface area contributed by atoms with E-state index in [1.807, 2.05) is 0 Å². The highest BCUT2D eigenvalue weighted by Gasteiger charge is 2.06. The van der Waals surface area contributed by atoms with Crippen LogP contribution in [0.2, 0.25) is 0 Å². The number of carboxylic acid groups (broad SMARTS) is 2. The first kappa shape index (κ1) is 20.9. The van der Waals surface area contributed by atoms with Crippen molar-refractivity contribution in [2.24, 2.45) is 11.5 Å². The van der Waals surface area contributed by atoms with E-state index in [1.165, 1.54) is 24.3 Å². The lowest BCUT2D eigenvalue weighted by molar-refractivity contribution is 0.0682. The third kappa shape index (κ3) is 7.78. The number of rotatable bonds is 3. The first-order chi connectivity index (χ1) is 11.3. The molecular weight excluding hydrogens is 316 g/mol. The highest BCUT2D eigenvalue weighted by atomic mass is 16.4.